The molecule has 0 aromatic carbocycles. The summed E-state index contributed by atoms with van der Waals surface area (Å²) in [7, 11) is 1.84. The molecule has 7 nitrogen and oxygen atoms in total. The van der Waals surface area contributed by atoms with Crippen molar-refractivity contribution >= 4 is 10.0 Å². The molecule has 2 heterocycles. The number of hydrogen-bond donors (Lipinski definition) is 1. The van der Waals surface area contributed by atoms with Crippen molar-refractivity contribution in [2.75, 3.05) is 20.6 Å². The molecule has 1 N–H and O–H groups in total. The molecule has 0 fully saturated rings. The minimum absolute atomic E-state index is 0.150. The molecule has 0 aliphatic carbocycles. The van der Waals surface area contributed by atoms with E-state index < -0.39 is 10.0 Å². The average molecular weight is 298 g/mol. The molecule has 0 bridgehead atoms. The molecule has 0 aliphatic rings. The Morgan fingerprint density at radius 2 is 2.25 bits per heavy atom. The molecule has 8 heteroatoms. The molecular formula is C12H18N4O3S. The molecule has 110 valence electrons. The Balaban J connectivity index is 2.10. The second kappa shape index (κ2) is 5.78. The van der Waals surface area contributed by atoms with Crippen LogP contribution in [-0.4, -0.2) is 43.7 Å². The van der Waals surface area contributed by atoms with Gasteiger partial charge in [-0.05, 0) is 26.2 Å². The third-order valence-corrected chi connectivity index (χ3v) is 4.33. The largest absolute Gasteiger partial charge is 0.468 e. The average Bonchev–Trinajstić information content (AvgIpc) is 3.00. The molecule has 2 rings (SSSR count). The third kappa shape index (κ3) is 3.27. The SMILES string of the molecule is CN(C)[C@@H](CNS(=O)(=O)c1cnn(C)c1)c1ccco1. The van der Waals surface area contributed by atoms with Crippen molar-refractivity contribution in [1.29, 1.82) is 0 Å². The number of hydrogen-bond acceptors (Lipinski definition) is 5. The van der Waals surface area contributed by atoms with Crippen LogP contribution in [0.3, 0.4) is 0 Å². The van der Waals surface area contributed by atoms with Crippen molar-refractivity contribution < 1.29 is 12.8 Å². The third-order valence-electron chi connectivity index (χ3n) is 2.95. The maximum Gasteiger partial charge on any atom is 0.243 e. The highest BCUT2D eigenvalue weighted by atomic mass is 32.2. The van der Waals surface area contributed by atoms with Crippen LogP contribution in [-0.2, 0) is 17.1 Å². The Kier molecular flexibility index (Phi) is 4.26. The fourth-order valence-electron chi connectivity index (χ4n) is 1.83. The summed E-state index contributed by atoms with van der Waals surface area (Å²) in [5.41, 5.74) is 0. The fourth-order valence-corrected chi connectivity index (χ4v) is 2.85. The highest BCUT2D eigenvalue weighted by Crippen LogP contribution is 2.18. The molecular weight excluding hydrogens is 280 g/mol. The van der Waals surface area contributed by atoms with Crippen LogP contribution in [0.1, 0.15) is 11.8 Å². The number of aromatic nitrogens is 2. The maximum absolute atomic E-state index is 12.1. The quantitative estimate of drug-likeness (QED) is 0.844. The number of nitrogens with one attached hydrogen (secondary N) is 1. The highest BCUT2D eigenvalue weighted by molar-refractivity contribution is 7.89. The van der Waals surface area contributed by atoms with Crippen molar-refractivity contribution in [3.05, 3.63) is 36.5 Å². The predicted octanol–water partition coefficient (Wildman–Crippen LogP) is 0.594. The molecule has 1 atom stereocenters. The predicted molar refractivity (Wildman–Crippen MR) is 73.5 cm³/mol. The lowest BCUT2D eigenvalue weighted by atomic mass is 10.2. The van der Waals surface area contributed by atoms with Gasteiger partial charge in [0.1, 0.15) is 10.7 Å². The van der Waals surface area contributed by atoms with Crippen LogP contribution in [0.4, 0.5) is 0 Å². The lowest BCUT2D eigenvalue weighted by Gasteiger charge is -2.22. The van der Waals surface area contributed by atoms with Crippen molar-refractivity contribution in [3.8, 4) is 0 Å². The van der Waals surface area contributed by atoms with Crippen LogP contribution in [0.5, 0.6) is 0 Å². The zero-order valence-corrected chi connectivity index (χ0v) is 12.5. The van der Waals surface area contributed by atoms with E-state index in [1.54, 1.807) is 19.4 Å². The van der Waals surface area contributed by atoms with E-state index in [0.29, 0.717) is 5.76 Å². The lowest BCUT2D eigenvalue weighted by molar-refractivity contribution is 0.259. The van der Waals surface area contributed by atoms with Gasteiger partial charge in [-0.15, -0.1) is 0 Å². The van der Waals surface area contributed by atoms with Gasteiger partial charge < -0.3 is 4.42 Å². The molecule has 0 saturated carbocycles. The first-order valence-corrected chi connectivity index (χ1v) is 7.56. The molecule has 2 aromatic heterocycles. The van der Waals surface area contributed by atoms with E-state index in [1.807, 2.05) is 25.1 Å². The van der Waals surface area contributed by atoms with Crippen molar-refractivity contribution in [2.24, 2.45) is 7.05 Å². The lowest BCUT2D eigenvalue weighted by Crippen LogP contribution is -2.34. The molecule has 0 aliphatic heterocycles. The van der Waals surface area contributed by atoms with Gasteiger partial charge in [0, 0.05) is 19.8 Å². The topological polar surface area (TPSA) is 80.4 Å². The van der Waals surface area contributed by atoms with E-state index in [0.717, 1.165) is 0 Å². The fraction of sp³-hybridized carbons (Fsp3) is 0.417. The zero-order chi connectivity index (χ0) is 14.8. The van der Waals surface area contributed by atoms with E-state index in [1.165, 1.54) is 17.1 Å². The Hall–Kier alpha value is -1.64. The van der Waals surface area contributed by atoms with Gasteiger partial charge in [-0.25, -0.2) is 13.1 Å². The van der Waals surface area contributed by atoms with E-state index >= 15 is 0 Å². The standard InChI is InChI=1S/C12H18N4O3S/c1-15(2)11(12-5-4-6-19-12)8-14-20(17,18)10-7-13-16(3)9-10/h4-7,9,11,14H,8H2,1-3H3/t11-/m0/s1. The Labute approximate surface area is 118 Å². The number of nitrogens with zero attached hydrogens (tertiary/aromatic N) is 3. The number of aryl methyl sites for hydroxylation is 1. The van der Waals surface area contributed by atoms with Crippen molar-refractivity contribution in [2.45, 2.75) is 10.9 Å². The molecule has 20 heavy (non-hydrogen) atoms. The first-order chi connectivity index (χ1) is 9.40. The van der Waals surface area contributed by atoms with Crippen molar-refractivity contribution in [3.63, 3.8) is 0 Å². The summed E-state index contributed by atoms with van der Waals surface area (Å²) in [4.78, 5) is 2.04. The summed E-state index contributed by atoms with van der Waals surface area (Å²) in [5, 5.41) is 3.86. The van der Waals surface area contributed by atoms with E-state index in [-0.39, 0.29) is 17.5 Å². The second-order valence-corrected chi connectivity index (χ2v) is 6.46. The van der Waals surface area contributed by atoms with Gasteiger partial charge in [-0.2, -0.15) is 5.10 Å². The number of rotatable bonds is 6. The Morgan fingerprint density at radius 1 is 1.50 bits per heavy atom. The maximum atomic E-state index is 12.1. The molecule has 0 saturated heterocycles. The van der Waals surface area contributed by atoms with Gasteiger partial charge in [-0.1, -0.05) is 0 Å². The second-order valence-electron chi connectivity index (χ2n) is 4.70. The van der Waals surface area contributed by atoms with Gasteiger partial charge in [-0.3, -0.25) is 9.58 Å². The van der Waals surface area contributed by atoms with E-state index in [2.05, 4.69) is 9.82 Å². The summed E-state index contributed by atoms with van der Waals surface area (Å²) >= 11 is 0. The molecule has 0 spiro atoms. The van der Waals surface area contributed by atoms with Gasteiger partial charge in [0.2, 0.25) is 10.0 Å². The molecule has 0 unspecified atom stereocenters. The summed E-state index contributed by atoms with van der Waals surface area (Å²) in [6.45, 7) is 0.220. The van der Waals surface area contributed by atoms with Crippen molar-refractivity contribution in [1.82, 2.24) is 19.4 Å². The minimum atomic E-state index is -3.56. The monoisotopic (exact) mass is 298 g/mol. The van der Waals surface area contributed by atoms with E-state index in [4.69, 9.17) is 4.42 Å². The first-order valence-electron chi connectivity index (χ1n) is 6.08. The Morgan fingerprint density at radius 3 is 2.75 bits per heavy atom. The smallest absolute Gasteiger partial charge is 0.243 e. The summed E-state index contributed by atoms with van der Waals surface area (Å²) in [6, 6.07) is 3.43. The first kappa shape index (κ1) is 14.8. The van der Waals surface area contributed by atoms with Crippen LogP contribution >= 0.6 is 0 Å². The zero-order valence-electron chi connectivity index (χ0n) is 11.6. The summed E-state index contributed by atoms with van der Waals surface area (Å²) < 4.78 is 33.6. The van der Waals surface area contributed by atoms with Crippen LogP contribution in [0, 0.1) is 0 Å². The molecule has 0 radical (unpaired) electrons. The van der Waals surface area contributed by atoms with Crippen LogP contribution in [0.15, 0.2) is 40.1 Å². The normalized spacial score (nSPS) is 13.8. The van der Waals surface area contributed by atoms with E-state index in [9.17, 15) is 8.42 Å². The Bertz CT molecular complexity index is 646. The number of furan rings is 1. The minimum Gasteiger partial charge on any atom is -0.468 e. The summed E-state index contributed by atoms with van der Waals surface area (Å²) in [6.07, 6.45) is 4.35. The number of likely N-dealkylation sites (N-methyl/N-ethyl adjacent to an activating group) is 1. The molecule has 0 amide bonds. The van der Waals surface area contributed by atoms with Gasteiger partial charge in [0.15, 0.2) is 0 Å². The molecule has 2 aromatic rings. The summed E-state index contributed by atoms with van der Waals surface area (Å²) in [5.74, 6) is 0.712. The van der Waals surface area contributed by atoms with Gasteiger partial charge in [0.25, 0.3) is 0 Å². The number of sulfonamides is 1. The van der Waals surface area contributed by atoms with Gasteiger partial charge in [0.05, 0.1) is 18.5 Å². The highest BCUT2D eigenvalue weighted by Gasteiger charge is 2.22. The van der Waals surface area contributed by atoms with Crippen LogP contribution in [0.2, 0.25) is 0 Å². The van der Waals surface area contributed by atoms with Crippen LogP contribution in [0.25, 0.3) is 0 Å². The van der Waals surface area contributed by atoms with Crippen LogP contribution < -0.4 is 4.72 Å². The van der Waals surface area contributed by atoms with Gasteiger partial charge >= 0.3 is 0 Å².